The average molecular weight is 390 g/mol. The summed E-state index contributed by atoms with van der Waals surface area (Å²) < 4.78 is 23.2. The number of nitrogens with zero attached hydrogens (tertiary/aromatic N) is 2. The lowest BCUT2D eigenvalue weighted by molar-refractivity contribution is -0.0209. The van der Waals surface area contributed by atoms with Crippen LogP contribution in [0.4, 0.5) is 0 Å². The Morgan fingerprint density at radius 2 is 1.83 bits per heavy atom. The number of para-hydroxylation sites is 1. The molecule has 0 saturated heterocycles. The Kier molecular flexibility index (Phi) is 4.19. The van der Waals surface area contributed by atoms with Crippen LogP contribution < -0.4 is 14.2 Å². The highest BCUT2D eigenvalue weighted by Crippen LogP contribution is 2.50. The molecule has 29 heavy (non-hydrogen) atoms. The van der Waals surface area contributed by atoms with E-state index in [1.54, 1.807) is 14.2 Å². The third-order valence-corrected chi connectivity index (χ3v) is 5.43. The monoisotopic (exact) mass is 390 g/mol. The highest BCUT2D eigenvalue weighted by atomic mass is 16.5. The molecule has 2 aromatic carbocycles. The van der Waals surface area contributed by atoms with E-state index in [-0.39, 0.29) is 12.3 Å². The molecule has 3 aromatic rings. The number of methoxy groups -OCH3 is 2. The summed E-state index contributed by atoms with van der Waals surface area (Å²) in [5.41, 5.74) is 2.98. The van der Waals surface area contributed by atoms with Gasteiger partial charge in [-0.3, -0.25) is 0 Å². The van der Waals surface area contributed by atoms with Crippen molar-refractivity contribution < 1.29 is 18.6 Å². The second-order valence-electron chi connectivity index (χ2n) is 7.18. The Morgan fingerprint density at radius 1 is 1.00 bits per heavy atom. The van der Waals surface area contributed by atoms with Crippen molar-refractivity contribution in [2.75, 3.05) is 14.2 Å². The van der Waals surface area contributed by atoms with Crippen LogP contribution in [0.15, 0.2) is 64.1 Å². The molecule has 0 unspecified atom stereocenters. The van der Waals surface area contributed by atoms with Crippen LogP contribution >= 0.6 is 0 Å². The molecule has 2 atom stereocenters. The van der Waals surface area contributed by atoms with E-state index < -0.39 is 0 Å². The first kappa shape index (κ1) is 17.7. The highest BCUT2D eigenvalue weighted by molar-refractivity contribution is 5.99. The average Bonchev–Trinajstić information content (AvgIpc) is 3.39. The summed E-state index contributed by atoms with van der Waals surface area (Å²) >= 11 is 0. The maximum absolute atomic E-state index is 6.44. The van der Waals surface area contributed by atoms with Gasteiger partial charge in [-0.25, -0.2) is 5.01 Å². The first-order valence-electron chi connectivity index (χ1n) is 9.58. The summed E-state index contributed by atoms with van der Waals surface area (Å²) in [5.74, 6) is 3.97. The SMILES string of the molecule is COc1ccc([C@H]2Oc3c(OC)cccc3[C@H]3CC(c4ccc(C)o4)=NN32)cc1. The van der Waals surface area contributed by atoms with Crippen LogP contribution in [-0.2, 0) is 0 Å². The number of furan rings is 1. The second kappa shape index (κ2) is 6.88. The smallest absolute Gasteiger partial charge is 0.214 e. The summed E-state index contributed by atoms with van der Waals surface area (Å²) in [4.78, 5) is 0. The quantitative estimate of drug-likeness (QED) is 0.638. The number of aryl methyl sites for hydroxylation is 1. The van der Waals surface area contributed by atoms with Gasteiger partial charge in [-0.2, -0.15) is 5.10 Å². The molecule has 6 heteroatoms. The van der Waals surface area contributed by atoms with Crippen molar-refractivity contribution in [1.29, 1.82) is 0 Å². The van der Waals surface area contributed by atoms with Crippen molar-refractivity contribution in [1.82, 2.24) is 5.01 Å². The summed E-state index contributed by atoms with van der Waals surface area (Å²) in [5, 5.41) is 6.93. The van der Waals surface area contributed by atoms with E-state index in [4.69, 9.17) is 23.7 Å². The minimum absolute atomic E-state index is 0.0429. The maximum Gasteiger partial charge on any atom is 0.214 e. The lowest BCUT2D eigenvalue weighted by Gasteiger charge is -2.38. The molecule has 2 aliphatic rings. The predicted molar refractivity (Wildman–Crippen MR) is 109 cm³/mol. The summed E-state index contributed by atoms with van der Waals surface area (Å²) in [6, 6.07) is 17.8. The van der Waals surface area contributed by atoms with E-state index >= 15 is 0 Å². The van der Waals surface area contributed by atoms with Crippen LogP contribution in [0, 0.1) is 6.92 Å². The zero-order chi connectivity index (χ0) is 20.0. The molecule has 0 saturated carbocycles. The standard InChI is InChI=1S/C23H22N2O4/c1-14-7-12-20(28-14)18-13-19-17-5-4-6-21(27-3)22(17)29-23(25(19)24-18)15-8-10-16(26-2)11-9-15/h4-12,19,23H,13H2,1-3H3/t19-,23-/m1/s1. The Hall–Kier alpha value is -3.41. The van der Waals surface area contributed by atoms with E-state index in [2.05, 4.69) is 6.07 Å². The van der Waals surface area contributed by atoms with E-state index in [0.717, 1.165) is 52.0 Å². The van der Waals surface area contributed by atoms with Crippen molar-refractivity contribution in [3.63, 3.8) is 0 Å². The van der Waals surface area contributed by atoms with Crippen molar-refractivity contribution in [2.45, 2.75) is 25.6 Å². The number of hydrogen-bond donors (Lipinski definition) is 0. The molecule has 2 aliphatic heterocycles. The molecule has 0 radical (unpaired) electrons. The first-order chi connectivity index (χ1) is 14.2. The van der Waals surface area contributed by atoms with Gasteiger partial charge in [0.2, 0.25) is 6.23 Å². The number of ether oxygens (including phenoxy) is 3. The normalized spacial score (nSPS) is 19.8. The molecule has 148 valence electrons. The molecule has 0 N–H and O–H groups in total. The van der Waals surface area contributed by atoms with Crippen LogP contribution in [0.25, 0.3) is 0 Å². The van der Waals surface area contributed by atoms with Gasteiger partial charge in [-0.05, 0) is 49.4 Å². The minimum atomic E-state index is -0.372. The van der Waals surface area contributed by atoms with Crippen molar-refractivity contribution in [3.05, 3.63) is 77.2 Å². The Labute approximate surface area is 169 Å². The van der Waals surface area contributed by atoms with E-state index in [9.17, 15) is 0 Å². The fourth-order valence-electron chi connectivity index (χ4n) is 3.97. The summed E-state index contributed by atoms with van der Waals surface area (Å²) in [6.07, 6.45) is 0.367. The topological polar surface area (TPSA) is 56.4 Å². The lowest BCUT2D eigenvalue weighted by Crippen LogP contribution is -2.33. The van der Waals surface area contributed by atoms with Crippen LogP contribution in [0.3, 0.4) is 0 Å². The van der Waals surface area contributed by atoms with Gasteiger partial charge in [0.1, 0.15) is 23.0 Å². The van der Waals surface area contributed by atoms with Gasteiger partial charge in [0.05, 0.1) is 20.3 Å². The molecular weight excluding hydrogens is 368 g/mol. The number of fused-ring (bicyclic) bond motifs is 3. The summed E-state index contributed by atoms with van der Waals surface area (Å²) in [6.45, 7) is 1.94. The minimum Gasteiger partial charge on any atom is -0.497 e. The largest absolute Gasteiger partial charge is 0.497 e. The van der Waals surface area contributed by atoms with Gasteiger partial charge in [-0.15, -0.1) is 0 Å². The Balaban J connectivity index is 1.60. The first-order valence-corrected chi connectivity index (χ1v) is 9.58. The van der Waals surface area contributed by atoms with Crippen LogP contribution in [-0.4, -0.2) is 24.9 Å². The van der Waals surface area contributed by atoms with Crippen LogP contribution in [0.1, 0.15) is 41.3 Å². The van der Waals surface area contributed by atoms with Crippen LogP contribution in [0.5, 0.6) is 17.2 Å². The number of hydrazone groups is 1. The summed E-state index contributed by atoms with van der Waals surface area (Å²) in [7, 11) is 3.32. The van der Waals surface area contributed by atoms with Crippen molar-refractivity contribution in [2.24, 2.45) is 5.10 Å². The van der Waals surface area contributed by atoms with Crippen molar-refractivity contribution >= 4 is 5.71 Å². The molecule has 0 spiro atoms. The van der Waals surface area contributed by atoms with Gasteiger partial charge in [-0.1, -0.05) is 12.1 Å². The second-order valence-corrected chi connectivity index (χ2v) is 7.18. The third kappa shape index (κ3) is 2.92. The highest BCUT2D eigenvalue weighted by Gasteiger charge is 2.42. The van der Waals surface area contributed by atoms with Gasteiger partial charge in [0.25, 0.3) is 0 Å². The molecule has 3 heterocycles. The maximum atomic E-state index is 6.44. The lowest BCUT2D eigenvalue weighted by atomic mass is 9.97. The molecule has 0 bridgehead atoms. The van der Waals surface area contributed by atoms with Gasteiger partial charge in [0.15, 0.2) is 11.5 Å². The molecule has 0 aliphatic carbocycles. The Bertz CT molecular complexity index is 1070. The molecule has 6 nitrogen and oxygen atoms in total. The number of rotatable bonds is 4. The molecule has 5 rings (SSSR count). The number of benzene rings is 2. The molecule has 0 fully saturated rings. The molecular formula is C23H22N2O4. The molecule has 1 aromatic heterocycles. The fraction of sp³-hybridized carbons (Fsp3) is 0.261. The van der Waals surface area contributed by atoms with Gasteiger partial charge < -0.3 is 18.6 Å². The number of hydrogen-bond acceptors (Lipinski definition) is 6. The predicted octanol–water partition coefficient (Wildman–Crippen LogP) is 4.85. The van der Waals surface area contributed by atoms with Gasteiger partial charge >= 0.3 is 0 Å². The van der Waals surface area contributed by atoms with Gasteiger partial charge in [0, 0.05) is 17.5 Å². The fourth-order valence-corrected chi connectivity index (χ4v) is 3.97. The zero-order valence-electron chi connectivity index (χ0n) is 16.6. The van der Waals surface area contributed by atoms with Crippen LogP contribution in [0.2, 0.25) is 0 Å². The van der Waals surface area contributed by atoms with Crippen molar-refractivity contribution in [3.8, 4) is 17.2 Å². The third-order valence-electron chi connectivity index (χ3n) is 5.43. The Morgan fingerprint density at radius 3 is 2.52 bits per heavy atom. The molecule has 0 amide bonds. The van der Waals surface area contributed by atoms with E-state index in [1.807, 2.05) is 60.5 Å². The van der Waals surface area contributed by atoms with E-state index in [1.165, 1.54) is 0 Å². The zero-order valence-corrected chi connectivity index (χ0v) is 16.6. The van der Waals surface area contributed by atoms with E-state index in [0.29, 0.717) is 0 Å².